The first-order chi connectivity index (χ1) is 9.27. The van der Waals surface area contributed by atoms with E-state index in [1.807, 2.05) is 0 Å². The van der Waals surface area contributed by atoms with Crippen molar-refractivity contribution in [3.8, 4) is 0 Å². The van der Waals surface area contributed by atoms with Gasteiger partial charge in [0.25, 0.3) is 7.82 Å². The van der Waals surface area contributed by atoms with Crippen LogP contribution in [0.25, 0.3) is 0 Å². The van der Waals surface area contributed by atoms with Gasteiger partial charge in [-0.2, -0.15) is 0 Å². The Balaban J connectivity index is -0.000000201. The van der Waals surface area contributed by atoms with E-state index < -0.39 is 13.8 Å². The van der Waals surface area contributed by atoms with Crippen molar-refractivity contribution < 1.29 is 88.3 Å². The third-order valence-corrected chi connectivity index (χ3v) is 2.73. The third-order valence-electron chi connectivity index (χ3n) is 2.73. The van der Waals surface area contributed by atoms with E-state index in [0.717, 1.165) is 12.8 Å². The maximum atomic E-state index is 10.1. The summed E-state index contributed by atoms with van der Waals surface area (Å²) >= 11 is 0. The van der Waals surface area contributed by atoms with Gasteiger partial charge in [0, 0.05) is 5.97 Å². The zero-order chi connectivity index (χ0) is 15.9. The smallest absolute Gasteiger partial charge is 0.756 e. The molecule has 0 spiro atoms. The maximum Gasteiger partial charge on any atom is 1.00 e. The average molecular weight is 356 g/mol. The molecule has 9 heteroatoms. The summed E-state index contributed by atoms with van der Waals surface area (Å²) in [5, 5.41) is 10.1. The molecule has 0 aromatic heterocycles. The fraction of sp³-hybridized carbons (Fsp3) is 0.923. The number of rotatable bonds is 11. The van der Waals surface area contributed by atoms with Crippen molar-refractivity contribution in [1.82, 2.24) is 0 Å². The van der Waals surface area contributed by atoms with Crippen molar-refractivity contribution in [3.63, 3.8) is 0 Å². The standard InChI is InChI=1S/C13H26O2.2Na.H3O4P/c1-2-3-4-5-6-7-8-9-10-11-12-13(14)15;;;1-5(2,3)4/h2-12H2,1H3,(H,14,15);;;(H3,1,2,3,4)/q;2*+1;/p-2. The minimum atomic E-state index is -4.89. The van der Waals surface area contributed by atoms with Crippen molar-refractivity contribution in [3.05, 3.63) is 0 Å². The molecule has 0 aliphatic heterocycles. The van der Waals surface area contributed by atoms with Gasteiger partial charge in [0.05, 0.1) is 0 Å². The fourth-order valence-corrected chi connectivity index (χ4v) is 1.76. The predicted molar refractivity (Wildman–Crippen MR) is 73.5 cm³/mol. The first kappa shape index (κ1) is 31.4. The van der Waals surface area contributed by atoms with Crippen LogP contribution in [0.4, 0.5) is 0 Å². The van der Waals surface area contributed by atoms with Crippen LogP contribution >= 0.6 is 7.82 Å². The Labute approximate surface area is 178 Å². The van der Waals surface area contributed by atoms with Crippen LogP contribution in [0.1, 0.15) is 77.6 Å². The number of hydrogen-bond donors (Lipinski definition) is 2. The summed E-state index contributed by atoms with van der Waals surface area (Å²) in [7, 11) is -4.89. The molecule has 0 bridgehead atoms. The van der Waals surface area contributed by atoms with Crippen LogP contribution < -0.4 is 69.1 Å². The second-order valence-corrected chi connectivity index (χ2v) is 5.78. The Kier molecular flexibility index (Phi) is 32.2. The monoisotopic (exact) mass is 356 g/mol. The summed E-state index contributed by atoms with van der Waals surface area (Å²) in [5.74, 6) is -0.908. The Bertz CT molecular complexity index is 265. The minimum Gasteiger partial charge on any atom is -0.756 e. The van der Waals surface area contributed by atoms with Gasteiger partial charge in [-0.05, 0) is 12.8 Å². The number of hydrogen-bond acceptors (Lipinski definition) is 4. The summed E-state index contributed by atoms with van der Waals surface area (Å²) in [5.41, 5.74) is 0. The number of phosphoric acid groups is 1. The molecule has 0 unspecified atom stereocenters. The van der Waals surface area contributed by atoms with Gasteiger partial charge in [-0.3, -0.25) is 4.57 Å². The molecule has 122 valence electrons. The van der Waals surface area contributed by atoms with Crippen molar-refractivity contribution in [2.24, 2.45) is 0 Å². The quantitative estimate of drug-likeness (QED) is 0.219. The number of unbranched alkanes of at least 4 members (excludes halogenated alkanes) is 9. The molecular weight excluding hydrogens is 329 g/mol. The van der Waals surface area contributed by atoms with Crippen LogP contribution in [0.5, 0.6) is 0 Å². The van der Waals surface area contributed by atoms with Crippen molar-refractivity contribution in [1.29, 1.82) is 0 Å². The summed E-state index contributed by atoms with van der Waals surface area (Å²) in [6, 6.07) is 0. The number of carbonyl (C=O) groups excluding carboxylic acids is 1. The van der Waals surface area contributed by atoms with Crippen molar-refractivity contribution in [2.45, 2.75) is 77.6 Å². The first-order valence-corrected chi connectivity index (χ1v) is 8.76. The Hall–Kier alpha value is 1.58. The van der Waals surface area contributed by atoms with E-state index in [0.29, 0.717) is 0 Å². The maximum absolute atomic E-state index is 10.1. The van der Waals surface area contributed by atoms with Crippen molar-refractivity contribution >= 4 is 13.8 Å². The average Bonchev–Trinajstić information content (AvgIpc) is 2.29. The van der Waals surface area contributed by atoms with Gasteiger partial charge in [-0.15, -0.1) is 0 Å². The Morgan fingerprint density at radius 2 is 1.14 bits per heavy atom. The van der Waals surface area contributed by atoms with Gasteiger partial charge >= 0.3 is 59.1 Å². The van der Waals surface area contributed by atoms with Crippen LogP contribution in [-0.2, 0) is 9.36 Å². The molecule has 0 radical (unpaired) electrons. The van der Waals surface area contributed by atoms with Crippen LogP contribution in [0, 0.1) is 0 Å². The van der Waals surface area contributed by atoms with E-state index in [-0.39, 0.29) is 65.5 Å². The summed E-state index contributed by atoms with van der Waals surface area (Å²) in [4.78, 5) is 33.0. The van der Waals surface area contributed by atoms with Crippen LogP contribution in [0.15, 0.2) is 0 Å². The van der Waals surface area contributed by atoms with Gasteiger partial charge in [0.2, 0.25) is 0 Å². The molecule has 22 heavy (non-hydrogen) atoms. The molecule has 0 saturated carbocycles. The molecule has 0 aliphatic rings. The largest absolute Gasteiger partial charge is 1.00 e. The van der Waals surface area contributed by atoms with E-state index in [2.05, 4.69) is 6.92 Å². The molecule has 0 saturated heterocycles. The first-order valence-electron chi connectivity index (χ1n) is 7.23. The second kappa shape index (κ2) is 22.6. The molecule has 0 rings (SSSR count). The normalized spacial score (nSPS) is 9.82. The van der Waals surface area contributed by atoms with E-state index >= 15 is 0 Å². The zero-order valence-corrected chi connectivity index (χ0v) is 19.1. The molecule has 2 N–H and O–H groups in total. The number of aliphatic carboxylic acids is 1. The molecule has 0 heterocycles. The number of carbonyl (C=O) groups is 1. The SMILES string of the molecule is CCCCCCCCCCCCC(=O)[O-].O=P([O-])(O)O.[Na+].[Na+]. The third kappa shape index (κ3) is 49.6. The van der Waals surface area contributed by atoms with Crippen LogP contribution in [0.3, 0.4) is 0 Å². The molecular formula is C13H27Na2O6P. The van der Waals surface area contributed by atoms with Gasteiger partial charge in [0.15, 0.2) is 0 Å². The number of carboxylic acid groups (broad SMARTS) is 1. The van der Waals surface area contributed by atoms with E-state index in [4.69, 9.17) is 19.2 Å². The molecule has 0 fully saturated rings. The van der Waals surface area contributed by atoms with Gasteiger partial charge in [0.1, 0.15) is 0 Å². The Morgan fingerprint density at radius 3 is 1.41 bits per heavy atom. The predicted octanol–water partition coefficient (Wildman–Crippen LogP) is -4.51. The number of carboxylic acids is 1. The summed E-state index contributed by atoms with van der Waals surface area (Å²) in [6.45, 7) is 2.23. The van der Waals surface area contributed by atoms with Crippen molar-refractivity contribution in [2.75, 3.05) is 0 Å². The van der Waals surface area contributed by atoms with E-state index in [1.54, 1.807) is 0 Å². The summed E-state index contributed by atoms with van der Waals surface area (Å²) in [6.07, 6.45) is 12.6. The zero-order valence-electron chi connectivity index (χ0n) is 14.3. The van der Waals surface area contributed by atoms with Gasteiger partial charge in [-0.25, -0.2) is 0 Å². The topological polar surface area (TPSA) is 121 Å². The second-order valence-electron chi connectivity index (χ2n) is 4.79. The van der Waals surface area contributed by atoms with E-state index in [1.165, 1.54) is 51.4 Å². The van der Waals surface area contributed by atoms with Crippen LogP contribution in [0.2, 0.25) is 0 Å². The molecule has 0 aromatic carbocycles. The van der Waals surface area contributed by atoms with E-state index in [9.17, 15) is 9.90 Å². The molecule has 6 nitrogen and oxygen atoms in total. The molecule has 0 amide bonds. The Morgan fingerprint density at radius 1 is 0.864 bits per heavy atom. The molecule has 0 atom stereocenters. The fourth-order valence-electron chi connectivity index (χ4n) is 1.76. The summed E-state index contributed by atoms with van der Waals surface area (Å²) < 4.78 is 8.77. The molecule has 0 aromatic rings. The van der Waals surface area contributed by atoms with Crippen LogP contribution in [-0.4, -0.2) is 15.8 Å². The minimum absolute atomic E-state index is 0. The molecule has 0 aliphatic carbocycles. The van der Waals surface area contributed by atoms with Gasteiger partial charge < -0.3 is 24.6 Å². The van der Waals surface area contributed by atoms with Gasteiger partial charge in [-0.1, -0.05) is 64.7 Å².